The normalized spacial score (nSPS) is 15.9. The monoisotopic (exact) mass is 1570 g/mol. The van der Waals surface area contributed by atoms with Crippen LogP contribution >= 0.6 is 0 Å². The summed E-state index contributed by atoms with van der Waals surface area (Å²) in [6, 6.07) is 7.76. The van der Waals surface area contributed by atoms with Crippen molar-refractivity contribution >= 4 is 0 Å². The second-order valence-corrected chi connectivity index (χ2v) is 33.0. The maximum Gasteiger partial charge on any atom is 0.0235 e. The Hall–Kier alpha value is -1.86. The predicted octanol–water partition coefficient (Wildman–Crippen LogP) is 0.454. The van der Waals surface area contributed by atoms with E-state index in [1.54, 1.807) is 0 Å². The molecule has 27 nitrogen and oxygen atoms in total. The molecule has 1 aromatic rings. The third-order valence-electron chi connectivity index (χ3n) is 23.4. The molecule has 0 aromatic heterocycles. The van der Waals surface area contributed by atoms with Gasteiger partial charge in [-0.3, -0.25) is 14.7 Å². The lowest BCUT2D eigenvalue weighted by atomic mass is 10.0. The van der Waals surface area contributed by atoms with Crippen molar-refractivity contribution in [2.24, 2.45) is 68.8 Å². The predicted molar refractivity (Wildman–Crippen MR) is 475 cm³/mol. The average Bonchev–Trinajstić information content (AvgIpc) is 0.833. The smallest absolute Gasteiger partial charge is 0.0235 e. The Morgan fingerprint density at radius 3 is 0.414 bits per heavy atom. The fourth-order valence-corrected chi connectivity index (χ4v) is 16.9. The van der Waals surface area contributed by atoms with Crippen molar-refractivity contribution < 1.29 is 0 Å². The molecule has 0 radical (unpaired) electrons. The number of hydrogen-bond acceptors (Lipinski definition) is 27. The standard InChI is InChI=1S/C84H183N27/c85-22-1-34-97(35-2-23-86)46-13-52-103(53-14-47-98(36-3-24-87)37-4-25-88)58-19-61-106-64-70-109(71-65-106)79-82-76-83(80-110-72-66-107(67-73-110)62-20-59-104(54-15-48-99(38-5-26-89)39-6-27-90)55-16-49-100(40-7-28-91)41-8-29-92)78-84(77-82)81-111-74-68-108(69-75-111)63-21-60-105(56-17-50-101(42-9-30-93)43-10-31-94)57-18-51-102(44-11-32-95)45-12-33-96/h76-78H,1-75,79-81,85-96H2. The van der Waals surface area contributed by atoms with Crippen molar-refractivity contribution in [3.63, 3.8) is 0 Å². The highest BCUT2D eigenvalue weighted by Crippen LogP contribution is 2.21. The molecular formula is C84H183N27. The Bertz CT molecular complexity index is 1810. The van der Waals surface area contributed by atoms with Gasteiger partial charge in [-0.1, -0.05) is 18.2 Å². The van der Waals surface area contributed by atoms with Crippen LogP contribution < -0.4 is 68.8 Å². The van der Waals surface area contributed by atoms with Gasteiger partial charge in [-0.2, -0.15) is 0 Å². The molecule has 111 heavy (non-hydrogen) atoms. The van der Waals surface area contributed by atoms with Gasteiger partial charge in [-0.25, -0.2) is 0 Å². The highest BCUT2D eigenvalue weighted by Gasteiger charge is 2.24. The summed E-state index contributed by atoms with van der Waals surface area (Å²) in [4.78, 5) is 40.3. The number of benzene rings is 1. The first-order chi connectivity index (χ1) is 54.5. The molecule has 24 N–H and O–H groups in total. The Morgan fingerprint density at radius 2 is 0.279 bits per heavy atom. The summed E-state index contributed by atoms with van der Waals surface area (Å²) in [7, 11) is 0. The molecule has 0 atom stereocenters. The number of piperazine rings is 3. The molecule has 654 valence electrons. The van der Waals surface area contributed by atoms with Crippen LogP contribution in [-0.2, 0) is 19.6 Å². The molecule has 27 heteroatoms. The number of hydrogen-bond donors (Lipinski definition) is 12. The molecule has 0 unspecified atom stereocenters. The van der Waals surface area contributed by atoms with Gasteiger partial charge >= 0.3 is 0 Å². The van der Waals surface area contributed by atoms with E-state index in [2.05, 4.69) is 91.7 Å². The largest absolute Gasteiger partial charge is 0.330 e. The molecule has 3 saturated heterocycles. The van der Waals surface area contributed by atoms with Crippen molar-refractivity contribution in [2.75, 3.05) is 353 Å². The zero-order chi connectivity index (χ0) is 79.7. The third-order valence-corrected chi connectivity index (χ3v) is 23.4. The summed E-state index contributed by atoms with van der Waals surface area (Å²) in [6.45, 7) is 58.6. The topological polar surface area (TPSA) is 361 Å². The molecular weight excluding hydrogens is 1390 g/mol. The molecule has 3 aliphatic heterocycles. The van der Waals surface area contributed by atoms with Gasteiger partial charge in [0.05, 0.1) is 0 Å². The van der Waals surface area contributed by atoms with Crippen LogP contribution in [0.15, 0.2) is 18.2 Å². The van der Waals surface area contributed by atoms with Crippen LogP contribution in [0.2, 0.25) is 0 Å². The maximum absolute atomic E-state index is 5.97. The van der Waals surface area contributed by atoms with E-state index in [1.165, 1.54) is 74.5 Å². The highest BCUT2D eigenvalue weighted by atomic mass is 15.3. The van der Waals surface area contributed by atoms with E-state index in [-0.39, 0.29) is 0 Å². The van der Waals surface area contributed by atoms with E-state index < -0.39 is 0 Å². The molecule has 0 aliphatic carbocycles. The summed E-state index contributed by atoms with van der Waals surface area (Å²) < 4.78 is 0. The van der Waals surface area contributed by atoms with Crippen LogP contribution in [0.1, 0.15) is 152 Å². The Morgan fingerprint density at radius 1 is 0.162 bits per heavy atom. The van der Waals surface area contributed by atoms with Crippen LogP contribution in [0.5, 0.6) is 0 Å². The van der Waals surface area contributed by atoms with Gasteiger partial charge in [0.1, 0.15) is 0 Å². The highest BCUT2D eigenvalue weighted by molar-refractivity contribution is 5.31. The van der Waals surface area contributed by atoms with Crippen molar-refractivity contribution in [1.29, 1.82) is 0 Å². The summed E-state index contributed by atoms with van der Waals surface area (Å²) >= 11 is 0. The average molecular weight is 1570 g/mol. The number of nitrogens with zero attached hydrogens (tertiary/aromatic N) is 15. The summed E-state index contributed by atoms with van der Waals surface area (Å²) in [5.41, 5.74) is 76.2. The van der Waals surface area contributed by atoms with Crippen molar-refractivity contribution in [1.82, 2.24) is 73.5 Å². The molecule has 1 aromatic carbocycles. The molecule has 0 saturated carbocycles. The van der Waals surface area contributed by atoms with Crippen molar-refractivity contribution in [3.8, 4) is 0 Å². The van der Waals surface area contributed by atoms with E-state index in [4.69, 9.17) is 68.8 Å². The number of rotatable bonds is 78. The SMILES string of the molecule is NCCCN(CCCN)CCCN(CCCN(CCCN)CCCN)CCCN1CCN(Cc2cc(CN3CCN(CCCN(CCCN(CCCN)CCCN)CCCN(CCCN)CCCN)CC3)cc(CN3CCN(CCCN(CCCN(CCCN)CCCN)CCCN(CCCN)CCCN)CC3)c2)CC1. The molecule has 0 amide bonds. The van der Waals surface area contributed by atoms with Gasteiger partial charge in [0.2, 0.25) is 0 Å². The zero-order valence-electron chi connectivity index (χ0n) is 72.0. The fraction of sp³-hybridized carbons (Fsp3) is 0.929. The summed E-state index contributed by atoms with van der Waals surface area (Å²) in [5, 5.41) is 0. The Balaban J connectivity index is 1.43. The van der Waals surface area contributed by atoms with Crippen LogP contribution in [-0.4, -0.2) is 427 Å². The van der Waals surface area contributed by atoms with Gasteiger partial charge < -0.3 is 128 Å². The van der Waals surface area contributed by atoms with E-state index in [0.29, 0.717) is 0 Å². The molecule has 3 aliphatic rings. The molecule has 3 heterocycles. The third kappa shape index (κ3) is 51.3. The van der Waals surface area contributed by atoms with Crippen LogP contribution in [0.3, 0.4) is 0 Å². The van der Waals surface area contributed by atoms with E-state index in [1.807, 2.05) is 0 Å². The maximum atomic E-state index is 5.97. The van der Waals surface area contributed by atoms with E-state index >= 15 is 0 Å². The van der Waals surface area contributed by atoms with Gasteiger partial charge in [0.25, 0.3) is 0 Å². The van der Waals surface area contributed by atoms with Crippen molar-refractivity contribution in [2.45, 2.75) is 154 Å². The van der Waals surface area contributed by atoms with Gasteiger partial charge in [-0.15, -0.1) is 0 Å². The minimum absolute atomic E-state index is 0.740. The Labute approximate surface area is 681 Å². The van der Waals surface area contributed by atoms with Gasteiger partial charge in [0.15, 0.2) is 0 Å². The lowest BCUT2D eigenvalue weighted by molar-refractivity contribution is 0.118. The second kappa shape index (κ2) is 70.0. The lowest BCUT2D eigenvalue weighted by Gasteiger charge is -2.37. The van der Waals surface area contributed by atoms with Crippen LogP contribution in [0.4, 0.5) is 0 Å². The quantitative estimate of drug-likeness (QED) is 0.0421. The molecule has 0 spiro atoms. The van der Waals surface area contributed by atoms with E-state index in [0.717, 1.165) is 450 Å². The van der Waals surface area contributed by atoms with Crippen LogP contribution in [0, 0.1) is 0 Å². The Kier molecular flexibility index (Phi) is 64.0. The minimum Gasteiger partial charge on any atom is -0.330 e. The number of nitrogens with two attached hydrogens (primary N) is 12. The zero-order valence-corrected chi connectivity index (χ0v) is 72.0. The molecule has 3 fully saturated rings. The first-order valence-corrected chi connectivity index (χ1v) is 45.9. The van der Waals surface area contributed by atoms with Gasteiger partial charge in [0, 0.05) is 98.2 Å². The molecule has 4 rings (SSSR count). The fourth-order valence-electron chi connectivity index (χ4n) is 16.9. The summed E-state index contributed by atoms with van der Waals surface area (Å²) in [6.07, 6.45) is 23.2. The van der Waals surface area contributed by atoms with Crippen LogP contribution in [0.25, 0.3) is 0 Å². The van der Waals surface area contributed by atoms with E-state index in [9.17, 15) is 0 Å². The minimum atomic E-state index is 0.740. The van der Waals surface area contributed by atoms with Crippen molar-refractivity contribution in [3.05, 3.63) is 34.9 Å². The summed E-state index contributed by atoms with van der Waals surface area (Å²) in [5.74, 6) is 0. The molecule has 0 bridgehead atoms. The second-order valence-electron chi connectivity index (χ2n) is 33.0. The first-order valence-electron chi connectivity index (χ1n) is 45.9. The van der Waals surface area contributed by atoms with Gasteiger partial charge in [-0.05, 0) is 426 Å². The first kappa shape index (κ1) is 101. The lowest BCUT2D eigenvalue weighted by Crippen LogP contribution is -2.47.